The normalized spacial score (nSPS) is 12.5. The molecule has 0 aliphatic rings. The molecule has 0 aliphatic heterocycles. The zero-order chi connectivity index (χ0) is 12.8. The summed E-state index contributed by atoms with van der Waals surface area (Å²) in [6.07, 6.45) is 2.04. The first-order valence-corrected chi connectivity index (χ1v) is 6.40. The Morgan fingerprint density at radius 1 is 1.24 bits per heavy atom. The predicted octanol–water partition coefficient (Wildman–Crippen LogP) is 3.47. The molecule has 0 aliphatic carbocycles. The first kappa shape index (κ1) is 14.0. The molecule has 0 saturated heterocycles. The van der Waals surface area contributed by atoms with Crippen LogP contribution in [0.25, 0.3) is 0 Å². The summed E-state index contributed by atoms with van der Waals surface area (Å²) in [6.45, 7) is 7.86. The van der Waals surface area contributed by atoms with Gasteiger partial charge >= 0.3 is 0 Å². The second-order valence-corrected chi connectivity index (χ2v) is 4.49. The van der Waals surface area contributed by atoms with Crippen molar-refractivity contribution in [1.82, 2.24) is 0 Å². The summed E-state index contributed by atoms with van der Waals surface area (Å²) >= 11 is 0. The Labute approximate surface area is 104 Å². The van der Waals surface area contributed by atoms with Crippen molar-refractivity contribution in [3.63, 3.8) is 0 Å². The molecule has 1 aromatic rings. The van der Waals surface area contributed by atoms with Gasteiger partial charge in [0, 0.05) is 19.1 Å². The molecule has 0 aromatic heterocycles. The van der Waals surface area contributed by atoms with E-state index in [9.17, 15) is 4.39 Å². The van der Waals surface area contributed by atoms with Crippen molar-refractivity contribution in [2.24, 2.45) is 5.73 Å². The van der Waals surface area contributed by atoms with E-state index in [-0.39, 0.29) is 11.9 Å². The van der Waals surface area contributed by atoms with E-state index < -0.39 is 0 Å². The van der Waals surface area contributed by atoms with Crippen LogP contribution in [0.1, 0.15) is 45.2 Å². The monoisotopic (exact) mass is 238 g/mol. The highest BCUT2D eigenvalue weighted by Crippen LogP contribution is 2.23. The standard InChI is InChI=1S/C14H23FN2/c1-4-8-17(9-5-2)14-7-6-12(11(3)16)10-13(14)15/h6-7,10-11H,4-5,8-9,16H2,1-3H3/t11-/m1/s1. The number of benzene rings is 1. The molecule has 1 aromatic carbocycles. The molecular formula is C14H23FN2. The van der Waals surface area contributed by atoms with Crippen LogP contribution in [0.4, 0.5) is 10.1 Å². The van der Waals surface area contributed by atoms with E-state index in [0.717, 1.165) is 31.5 Å². The quantitative estimate of drug-likeness (QED) is 0.822. The summed E-state index contributed by atoms with van der Waals surface area (Å²) in [5, 5.41) is 0. The van der Waals surface area contributed by atoms with Gasteiger partial charge in [0.15, 0.2) is 0 Å². The van der Waals surface area contributed by atoms with Crippen LogP contribution in [-0.4, -0.2) is 13.1 Å². The molecule has 0 fully saturated rings. The first-order chi connectivity index (χ1) is 8.10. The molecule has 2 nitrogen and oxygen atoms in total. The molecular weight excluding hydrogens is 215 g/mol. The molecule has 17 heavy (non-hydrogen) atoms. The third-order valence-electron chi connectivity index (χ3n) is 2.83. The third-order valence-corrected chi connectivity index (χ3v) is 2.83. The van der Waals surface area contributed by atoms with Gasteiger partial charge in [0.05, 0.1) is 5.69 Å². The molecule has 3 heteroatoms. The third kappa shape index (κ3) is 3.70. The van der Waals surface area contributed by atoms with E-state index in [1.54, 1.807) is 6.07 Å². The molecule has 2 N–H and O–H groups in total. The van der Waals surface area contributed by atoms with Gasteiger partial charge in [-0.25, -0.2) is 4.39 Å². The van der Waals surface area contributed by atoms with Crippen LogP contribution in [-0.2, 0) is 0 Å². The molecule has 0 heterocycles. The van der Waals surface area contributed by atoms with Crippen LogP contribution >= 0.6 is 0 Å². The van der Waals surface area contributed by atoms with E-state index in [1.165, 1.54) is 0 Å². The van der Waals surface area contributed by atoms with E-state index in [2.05, 4.69) is 18.7 Å². The van der Waals surface area contributed by atoms with E-state index >= 15 is 0 Å². The highest BCUT2D eigenvalue weighted by molar-refractivity contribution is 5.49. The van der Waals surface area contributed by atoms with Gasteiger partial charge in [-0.05, 0) is 37.5 Å². The average Bonchev–Trinajstić information content (AvgIpc) is 2.28. The number of rotatable bonds is 6. The first-order valence-electron chi connectivity index (χ1n) is 6.40. The van der Waals surface area contributed by atoms with Crippen molar-refractivity contribution < 1.29 is 4.39 Å². The van der Waals surface area contributed by atoms with Gasteiger partial charge < -0.3 is 10.6 Å². The molecule has 0 radical (unpaired) electrons. The molecule has 0 spiro atoms. The van der Waals surface area contributed by atoms with Crippen molar-refractivity contribution in [3.8, 4) is 0 Å². The van der Waals surface area contributed by atoms with E-state index in [4.69, 9.17) is 5.73 Å². The Morgan fingerprint density at radius 2 is 1.82 bits per heavy atom. The highest BCUT2D eigenvalue weighted by atomic mass is 19.1. The van der Waals surface area contributed by atoms with Gasteiger partial charge in [-0.1, -0.05) is 19.9 Å². The van der Waals surface area contributed by atoms with Crippen LogP contribution in [0.3, 0.4) is 0 Å². The van der Waals surface area contributed by atoms with Crippen LogP contribution < -0.4 is 10.6 Å². The van der Waals surface area contributed by atoms with Crippen LogP contribution in [0, 0.1) is 5.82 Å². The van der Waals surface area contributed by atoms with Gasteiger partial charge in [-0.15, -0.1) is 0 Å². The summed E-state index contributed by atoms with van der Waals surface area (Å²) in [5.41, 5.74) is 7.29. The predicted molar refractivity (Wildman–Crippen MR) is 71.8 cm³/mol. The van der Waals surface area contributed by atoms with E-state index in [0.29, 0.717) is 5.69 Å². The minimum Gasteiger partial charge on any atom is -0.369 e. The molecule has 0 unspecified atom stereocenters. The lowest BCUT2D eigenvalue weighted by Crippen LogP contribution is -2.26. The second-order valence-electron chi connectivity index (χ2n) is 4.49. The Kier molecular flexibility index (Phi) is 5.42. The number of nitrogens with zero attached hydrogens (tertiary/aromatic N) is 1. The number of nitrogens with two attached hydrogens (primary N) is 1. The number of hydrogen-bond acceptors (Lipinski definition) is 2. The van der Waals surface area contributed by atoms with Crippen molar-refractivity contribution in [1.29, 1.82) is 0 Å². The fourth-order valence-corrected chi connectivity index (χ4v) is 1.96. The fraction of sp³-hybridized carbons (Fsp3) is 0.571. The maximum absolute atomic E-state index is 14.0. The van der Waals surface area contributed by atoms with Crippen molar-refractivity contribution in [2.75, 3.05) is 18.0 Å². The maximum atomic E-state index is 14.0. The van der Waals surface area contributed by atoms with Gasteiger partial charge in [-0.2, -0.15) is 0 Å². The molecule has 1 rings (SSSR count). The van der Waals surface area contributed by atoms with Gasteiger partial charge in [-0.3, -0.25) is 0 Å². The number of hydrogen-bond donors (Lipinski definition) is 1. The lowest BCUT2D eigenvalue weighted by atomic mass is 10.1. The Bertz CT molecular complexity index is 344. The SMILES string of the molecule is CCCN(CCC)c1ccc([C@@H](C)N)cc1F. The summed E-state index contributed by atoms with van der Waals surface area (Å²) in [4.78, 5) is 2.10. The molecule has 96 valence electrons. The Morgan fingerprint density at radius 3 is 2.24 bits per heavy atom. The van der Waals surface area contributed by atoms with Crippen LogP contribution in [0.5, 0.6) is 0 Å². The molecule has 0 saturated carbocycles. The molecule has 0 bridgehead atoms. The maximum Gasteiger partial charge on any atom is 0.146 e. The fourth-order valence-electron chi connectivity index (χ4n) is 1.96. The zero-order valence-electron chi connectivity index (χ0n) is 11.0. The summed E-state index contributed by atoms with van der Waals surface area (Å²) in [5.74, 6) is -0.165. The largest absolute Gasteiger partial charge is 0.369 e. The summed E-state index contributed by atoms with van der Waals surface area (Å²) in [6, 6.07) is 5.20. The number of anilines is 1. The van der Waals surface area contributed by atoms with Crippen LogP contribution in [0.15, 0.2) is 18.2 Å². The van der Waals surface area contributed by atoms with Gasteiger partial charge in [0.25, 0.3) is 0 Å². The average molecular weight is 238 g/mol. The Hall–Kier alpha value is -1.09. The lowest BCUT2D eigenvalue weighted by molar-refractivity contribution is 0.608. The minimum absolute atomic E-state index is 0.121. The van der Waals surface area contributed by atoms with Crippen molar-refractivity contribution >= 4 is 5.69 Å². The smallest absolute Gasteiger partial charge is 0.146 e. The lowest BCUT2D eigenvalue weighted by Gasteiger charge is -2.24. The topological polar surface area (TPSA) is 29.3 Å². The van der Waals surface area contributed by atoms with Crippen LogP contribution in [0.2, 0.25) is 0 Å². The van der Waals surface area contributed by atoms with Crippen molar-refractivity contribution in [2.45, 2.75) is 39.7 Å². The van der Waals surface area contributed by atoms with Crippen molar-refractivity contribution in [3.05, 3.63) is 29.6 Å². The van der Waals surface area contributed by atoms with E-state index in [1.807, 2.05) is 19.1 Å². The van der Waals surface area contributed by atoms with Gasteiger partial charge in [0.2, 0.25) is 0 Å². The number of halogens is 1. The molecule has 1 atom stereocenters. The minimum atomic E-state index is -0.165. The summed E-state index contributed by atoms with van der Waals surface area (Å²) in [7, 11) is 0. The zero-order valence-corrected chi connectivity index (χ0v) is 11.0. The highest BCUT2D eigenvalue weighted by Gasteiger charge is 2.11. The Balaban J connectivity index is 2.95. The van der Waals surface area contributed by atoms with Gasteiger partial charge in [0.1, 0.15) is 5.82 Å². The molecule has 0 amide bonds. The second kappa shape index (κ2) is 6.60. The summed E-state index contributed by atoms with van der Waals surface area (Å²) < 4.78 is 14.0.